The normalized spacial score (nSPS) is 14.8. The number of thiazole rings is 1. The molecule has 6 rings (SSSR count). The Balaban J connectivity index is 1.39. The van der Waals surface area contributed by atoms with Gasteiger partial charge < -0.3 is 14.2 Å². The van der Waals surface area contributed by atoms with Gasteiger partial charge in [0.15, 0.2) is 22.1 Å². The zero-order chi connectivity index (χ0) is 31.0. The van der Waals surface area contributed by atoms with Gasteiger partial charge >= 0.3 is 0 Å². The number of hydrogen-bond donors (Lipinski definition) is 0. The van der Waals surface area contributed by atoms with Crippen molar-refractivity contribution in [3.63, 3.8) is 0 Å². The summed E-state index contributed by atoms with van der Waals surface area (Å²) in [5.74, 6) is 1.78. The topological polar surface area (TPSA) is 79.1 Å². The fraction of sp³-hybridized carbons (Fsp3) is 0.171. The Labute approximate surface area is 271 Å². The molecule has 7 nitrogen and oxygen atoms in total. The first kappa shape index (κ1) is 29.8. The zero-order valence-electron chi connectivity index (χ0n) is 24.6. The number of Topliss-reactive ketones (excluding diaryl/α,β-unsaturated/α-hetero) is 1. The second kappa shape index (κ2) is 12.4. The van der Waals surface area contributed by atoms with Crippen LogP contribution >= 0.6 is 33.9 Å². The smallest absolute Gasteiger partial charge is 0.271 e. The van der Waals surface area contributed by atoms with Crippen LogP contribution in [0.5, 0.6) is 17.2 Å². The summed E-state index contributed by atoms with van der Waals surface area (Å²) in [6.45, 7) is 3.71. The second-order valence-electron chi connectivity index (χ2n) is 10.4. The fourth-order valence-electron chi connectivity index (χ4n) is 5.56. The van der Waals surface area contributed by atoms with Crippen LogP contribution < -0.4 is 29.1 Å². The first-order valence-electron chi connectivity index (χ1n) is 13.9. The molecule has 4 aromatic carbocycles. The molecule has 0 spiro atoms. The summed E-state index contributed by atoms with van der Waals surface area (Å²) >= 11 is 3.53. The Bertz CT molecular complexity index is 2120. The Morgan fingerprint density at radius 3 is 2.50 bits per heavy atom. The van der Waals surface area contributed by atoms with E-state index in [2.05, 4.69) is 51.8 Å². The summed E-state index contributed by atoms with van der Waals surface area (Å²) < 4.78 is 20.3. The number of nitrogens with zero attached hydrogens (tertiary/aromatic N) is 2. The number of allylic oxidation sites excluding steroid dienone is 2. The molecular weight excluding hydrogens is 687 g/mol. The maximum absolute atomic E-state index is 13.9. The number of hydrogen-bond acceptors (Lipinski definition) is 7. The highest BCUT2D eigenvalue weighted by Gasteiger charge is 2.30. The third kappa shape index (κ3) is 5.57. The van der Waals surface area contributed by atoms with E-state index in [1.165, 1.54) is 18.3 Å². The molecule has 0 saturated heterocycles. The minimum Gasteiger partial charge on any atom is -0.497 e. The lowest BCUT2D eigenvalue weighted by Crippen LogP contribution is -2.39. The van der Waals surface area contributed by atoms with Crippen LogP contribution in [-0.2, 0) is 11.4 Å². The van der Waals surface area contributed by atoms with Crippen LogP contribution in [0.1, 0.15) is 36.6 Å². The quantitative estimate of drug-likeness (QED) is 0.180. The molecule has 1 atom stereocenters. The number of fused-ring (bicyclic) bond motifs is 2. The Hall–Kier alpha value is -4.22. The van der Waals surface area contributed by atoms with Gasteiger partial charge in [-0.05, 0) is 94.2 Å². The molecule has 2 heterocycles. The molecule has 0 aliphatic carbocycles. The van der Waals surface area contributed by atoms with Gasteiger partial charge in [-0.1, -0.05) is 65.9 Å². The van der Waals surface area contributed by atoms with Gasteiger partial charge in [0, 0.05) is 11.3 Å². The van der Waals surface area contributed by atoms with E-state index in [1.807, 2.05) is 67.6 Å². The summed E-state index contributed by atoms with van der Waals surface area (Å²) in [6, 6.07) is 25.1. The Kier molecular flexibility index (Phi) is 8.42. The van der Waals surface area contributed by atoms with E-state index in [0.29, 0.717) is 44.5 Å². The number of halogens is 1. The summed E-state index contributed by atoms with van der Waals surface area (Å²) in [5.41, 5.74) is 3.57. The predicted octanol–water partition coefficient (Wildman–Crippen LogP) is 6.18. The maximum Gasteiger partial charge on any atom is 0.271 e. The number of carbonyl (C=O) groups excluding carboxylic acids is 1. The van der Waals surface area contributed by atoms with Crippen molar-refractivity contribution in [2.45, 2.75) is 26.5 Å². The van der Waals surface area contributed by atoms with Gasteiger partial charge in [0.05, 0.1) is 28.4 Å². The lowest BCUT2D eigenvalue weighted by atomic mass is 9.93. The number of ether oxygens (including phenoxy) is 3. The molecule has 0 fully saturated rings. The molecule has 0 amide bonds. The molecule has 1 aromatic heterocycles. The minimum atomic E-state index is -0.587. The molecule has 0 saturated carbocycles. The van der Waals surface area contributed by atoms with Crippen LogP contribution in [0.4, 0.5) is 0 Å². The fourth-order valence-corrected chi connectivity index (χ4v) is 7.38. The van der Waals surface area contributed by atoms with E-state index in [4.69, 9.17) is 14.2 Å². The highest BCUT2D eigenvalue weighted by Crippen LogP contribution is 2.36. The van der Waals surface area contributed by atoms with Crippen molar-refractivity contribution >= 4 is 56.6 Å². The molecule has 1 aliphatic heterocycles. The van der Waals surface area contributed by atoms with Gasteiger partial charge in [-0.2, -0.15) is 0 Å². The van der Waals surface area contributed by atoms with E-state index in [1.54, 1.807) is 18.8 Å². The van der Waals surface area contributed by atoms with E-state index in [9.17, 15) is 9.59 Å². The number of ketones is 1. The van der Waals surface area contributed by atoms with E-state index in [0.717, 1.165) is 31.0 Å². The van der Waals surface area contributed by atoms with Crippen molar-refractivity contribution in [2.75, 3.05) is 14.2 Å². The standard InChI is InChI=1S/C35H29IN2O5S/c1-20-31(21(2)39)32(24-12-14-26(41-3)15-13-24)38-34(40)30(44-35(38)37-20)18-22-16-28(36)33(29(17-22)42-4)43-19-25-10-7-9-23-8-5-6-11-27(23)25/h5-18,32H,19H2,1-4H3/b30-18+/t32-/m0/s1. The molecule has 5 aromatic rings. The molecule has 44 heavy (non-hydrogen) atoms. The number of carbonyl (C=O) groups is 1. The third-order valence-corrected chi connectivity index (χ3v) is 9.42. The van der Waals surface area contributed by atoms with E-state index < -0.39 is 6.04 Å². The SMILES string of the molecule is COc1ccc([C@H]2C(C(C)=O)=C(C)N=c3s/c(=C/c4cc(I)c(OCc5cccc6ccccc56)c(OC)c4)c(=O)n32)cc1. The summed E-state index contributed by atoms with van der Waals surface area (Å²) in [6.07, 6.45) is 1.83. The highest BCUT2D eigenvalue weighted by atomic mass is 127. The zero-order valence-corrected chi connectivity index (χ0v) is 27.6. The van der Waals surface area contributed by atoms with Crippen molar-refractivity contribution in [1.29, 1.82) is 0 Å². The van der Waals surface area contributed by atoms with Crippen LogP contribution in [0.3, 0.4) is 0 Å². The number of rotatable bonds is 8. The van der Waals surface area contributed by atoms with Gasteiger partial charge in [0.25, 0.3) is 5.56 Å². The predicted molar refractivity (Wildman–Crippen MR) is 181 cm³/mol. The lowest BCUT2D eigenvalue weighted by molar-refractivity contribution is -0.114. The molecule has 1 aliphatic rings. The van der Waals surface area contributed by atoms with Crippen LogP contribution in [0.25, 0.3) is 16.8 Å². The third-order valence-electron chi connectivity index (χ3n) is 7.63. The van der Waals surface area contributed by atoms with Gasteiger partial charge in [-0.3, -0.25) is 14.2 Å². The van der Waals surface area contributed by atoms with Crippen molar-refractivity contribution in [3.05, 3.63) is 130 Å². The second-order valence-corrected chi connectivity index (χ2v) is 12.5. The molecule has 222 valence electrons. The minimum absolute atomic E-state index is 0.125. The molecule has 9 heteroatoms. The number of methoxy groups -OCH3 is 2. The van der Waals surface area contributed by atoms with Gasteiger partial charge in [0.1, 0.15) is 12.4 Å². The van der Waals surface area contributed by atoms with Crippen LogP contribution in [-0.4, -0.2) is 24.6 Å². The molecular formula is C35H29IN2O5S. The van der Waals surface area contributed by atoms with Crippen molar-refractivity contribution in [1.82, 2.24) is 4.57 Å². The van der Waals surface area contributed by atoms with Crippen LogP contribution in [0.15, 0.2) is 99.9 Å². The molecule has 0 radical (unpaired) electrons. The first-order chi connectivity index (χ1) is 21.3. The monoisotopic (exact) mass is 716 g/mol. The average molecular weight is 717 g/mol. The van der Waals surface area contributed by atoms with Gasteiger partial charge in [-0.15, -0.1) is 0 Å². The first-order valence-corrected chi connectivity index (χ1v) is 15.8. The van der Waals surface area contributed by atoms with Crippen molar-refractivity contribution < 1.29 is 19.0 Å². The molecule has 0 unspecified atom stereocenters. The van der Waals surface area contributed by atoms with Gasteiger partial charge in [-0.25, -0.2) is 4.99 Å². The molecule has 0 N–H and O–H groups in total. The Morgan fingerprint density at radius 1 is 1.02 bits per heavy atom. The number of aromatic nitrogens is 1. The average Bonchev–Trinajstić information content (AvgIpc) is 3.33. The van der Waals surface area contributed by atoms with Crippen LogP contribution in [0, 0.1) is 3.57 Å². The van der Waals surface area contributed by atoms with Crippen LogP contribution in [0.2, 0.25) is 0 Å². The highest BCUT2D eigenvalue weighted by molar-refractivity contribution is 14.1. The van der Waals surface area contributed by atoms with Crippen molar-refractivity contribution in [3.8, 4) is 17.2 Å². The maximum atomic E-state index is 13.9. The Morgan fingerprint density at radius 2 is 1.77 bits per heavy atom. The van der Waals surface area contributed by atoms with Crippen molar-refractivity contribution in [2.24, 2.45) is 4.99 Å². The van der Waals surface area contributed by atoms with E-state index in [-0.39, 0.29) is 11.3 Å². The summed E-state index contributed by atoms with van der Waals surface area (Å²) in [7, 11) is 3.21. The van der Waals surface area contributed by atoms with E-state index >= 15 is 0 Å². The summed E-state index contributed by atoms with van der Waals surface area (Å²) in [5, 5.41) is 2.30. The summed E-state index contributed by atoms with van der Waals surface area (Å²) in [4.78, 5) is 31.9. The van der Waals surface area contributed by atoms with Gasteiger partial charge in [0.2, 0.25) is 0 Å². The molecule has 0 bridgehead atoms. The largest absolute Gasteiger partial charge is 0.497 e. The lowest BCUT2D eigenvalue weighted by Gasteiger charge is -2.24. The number of benzene rings is 4.